The minimum atomic E-state index is 0.120. The lowest BCUT2D eigenvalue weighted by atomic mass is 9.87. The van der Waals surface area contributed by atoms with E-state index >= 15 is 0 Å². The minimum absolute atomic E-state index is 0.120. The zero-order valence-electron chi connectivity index (χ0n) is 12.0. The van der Waals surface area contributed by atoms with Crippen LogP contribution in [0.3, 0.4) is 0 Å². The van der Waals surface area contributed by atoms with Gasteiger partial charge in [-0.15, -0.1) is 0 Å². The Labute approximate surface area is 124 Å². The monoisotopic (exact) mass is 285 g/mol. The lowest BCUT2D eigenvalue weighted by Gasteiger charge is -2.27. The normalized spacial score (nSPS) is 17.1. The molecule has 1 aliphatic rings. The average Bonchev–Trinajstić information content (AvgIpc) is 2.48. The van der Waals surface area contributed by atoms with Gasteiger partial charge >= 0.3 is 0 Å². The summed E-state index contributed by atoms with van der Waals surface area (Å²) in [5, 5.41) is 23.0. The van der Waals surface area contributed by atoms with Crippen molar-refractivity contribution >= 4 is 5.69 Å². The molecule has 0 radical (unpaired) electrons. The molecule has 0 aromatic heterocycles. The van der Waals surface area contributed by atoms with Crippen LogP contribution in [-0.4, -0.2) is 17.3 Å². The van der Waals surface area contributed by atoms with Crippen LogP contribution in [0.25, 0.3) is 0 Å². The molecule has 3 rings (SSSR count). The van der Waals surface area contributed by atoms with E-state index in [-0.39, 0.29) is 11.8 Å². The van der Waals surface area contributed by atoms with Crippen molar-refractivity contribution in [2.24, 2.45) is 0 Å². The molecule has 0 amide bonds. The zero-order valence-corrected chi connectivity index (χ0v) is 12.0. The van der Waals surface area contributed by atoms with Crippen LogP contribution in [0.4, 0.5) is 5.69 Å². The van der Waals surface area contributed by atoms with Gasteiger partial charge in [0.25, 0.3) is 0 Å². The van der Waals surface area contributed by atoms with E-state index < -0.39 is 0 Å². The van der Waals surface area contributed by atoms with Gasteiger partial charge in [-0.05, 0) is 54.7 Å². The van der Waals surface area contributed by atoms with E-state index in [1.165, 1.54) is 12.7 Å². The summed E-state index contributed by atoms with van der Waals surface area (Å²) in [7, 11) is 1.53. The smallest absolute Gasteiger partial charge is 0.160 e. The number of phenolic OH excluding ortho intramolecular Hbond substituents is 2. The van der Waals surface area contributed by atoms with E-state index in [2.05, 4.69) is 5.32 Å². The number of methoxy groups -OCH3 is 1. The number of nitrogens with one attached hydrogen (secondary N) is 1. The summed E-state index contributed by atoms with van der Waals surface area (Å²) in [4.78, 5) is 0. The lowest BCUT2D eigenvalue weighted by Crippen LogP contribution is -2.17. The number of hydrogen-bond acceptors (Lipinski definition) is 4. The van der Waals surface area contributed by atoms with Crippen LogP contribution in [0.1, 0.15) is 30.0 Å². The van der Waals surface area contributed by atoms with E-state index in [1.807, 2.05) is 18.2 Å². The summed E-state index contributed by atoms with van der Waals surface area (Å²) in [6.07, 6.45) is 3.16. The molecule has 1 aliphatic carbocycles. The molecule has 4 nitrogen and oxygen atoms in total. The van der Waals surface area contributed by atoms with Gasteiger partial charge in [0.05, 0.1) is 13.2 Å². The molecule has 1 atom stereocenters. The van der Waals surface area contributed by atoms with Crippen molar-refractivity contribution < 1.29 is 14.9 Å². The third-order valence-electron chi connectivity index (χ3n) is 3.96. The molecule has 4 heteroatoms. The Morgan fingerprint density at radius 1 is 1.14 bits per heavy atom. The predicted molar refractivity (Wildman–Crippen MR) is 82.1 cm³/mol. The minimum Gasteiger partial charge on any atom is -0.508 e. The van der Waals surface area contributed by atoms with Gasteiger partial charge in [-0.2, -0.15) is 0 Å². The van der Waals surface area contributed by atoms with Crippen LogP contribution in [0.5, 0.6) is 17.2 Å². The molecule has 2 aromatic carbocycles. The Balaban J connectivity index is 1.86. The second kappa shape index (κ2) is 5.56. The highest BCUT2D eigenvalue weighted by Gasteiger charge is 2.20. The van der Waals surface area contributed by atoms with E-state index in [4.69, 9.17) is 4.74 Å². The second-order valence-electron chi connectivity index (χ2n) is 5.36. The number of aryl methyl sites for hydroxylation is 1. The standard InChI is InChI=1S/C17H19NO3/c1-21-17-8-6-12(9-16(17)20)18-15-4-2-3-11-5-7-13(19)10-14(11)15/h5-10,15,18-20H,2-4H2,1H3. The molecule has 0 fully saturated rings. The Morgan fingerprint density at radius 3 is 2.76 bits per heavy atom. The highest BCUT2D eigenvalue weighted by Crippen LogP contribution is 2.36. The van der Waals surface area contributed by atoms with Gasteiger partial charge in [-0.25, -0.2) is 0 Å². The maximum atomic E-state index is 9.86. The Hall–Kier alpha value is -2.36. The van der Waals surface area contributed by atoms with Crippen LogP contribution in [0.2, 0.25) is 0 Å². The van der Waals surface area contributed by atoms with Crippen molar-refractivity contribution in [1.29, 1.82) is 0 Å². The highest BCUT2D eigenvalue weighted by atomic mass is 16.5. The van der Waals surface area contributed by atoms with Gasteiger partial charge in [-0.1, -0.05) is 6.07 Å². The summed E-state index contributed by atoms with van der Waals surface area (Å²) < 4.78 is 5.05. The molecule has 0 saturated heterocycles. The van der Waals surface area contributed by atoms with Crippen LogP contribution in [0.15, 0.2) is 36.4 Å². The SMILES string of the molecule is COc1ccc(NC2CCCc3ccc(O)cc32)cc1O. The third kappa shape index (κ3) is 2.75. The van der Waals surface area contributed by atoms with Gasteiger partial charge in [0.15, 0.2) is 11.5 Å². The third-order valence-corrected chi connectivity index (χ3v) is 3.96. The van der Waals surface area contributed by atoms with Crippen molar-refractivity contribution in [3.63, 3.8) is 0 Å². The molecule has 3 N–H and O–H groups in total. The number of ether oxygens (including phenoxy) is 1. The van der Waals surface area contributed by atoms with Crippen LogP contribution >= 0.6 is 0 Å². The Bertz CT molecular complexity index is 654. The topological polar surface area (TPSA) is 61.7 Å². The van der Waals surface area contributed by atoms with Crippen molar-refractivity contribution in [2.45, 2.75) is 25.3 Å². The first-order valence-corrected chi connectivity index (χ1v) is 7.12. The molecular weight excluding hydrogens is 266 g/mol. The summed E-state index contributed by atoms with van der Waals surface area (Å²) in [5.74, 6) is 0.872. The molecule has 0 saturated carbocycles. The number of anilines is 1. The number of hydrogen-bond donors (Lipinski definition) is 3. The molecule has 1 unspecified atom stereocenters. The average molecular weight is 285 g/mol. The molecular formula is C17H19NO3. The number of rotatable bonds is 3. The first kappa shape index (κ1) is 13.6. The highest BCUT2D eigenvalue weighted by molar-refractivity contribution is 5.56. The van der Waals surface area contributed by atoms with Gasteiger partial charge in [0.1, 0.15) is 5.75 Å². The fourth-order valence-corrected chi connectivity index (χ4v) is 2.92. The fraction of sp³-hybridized carbons (Fsp3) is 0.294. The molecule has 110 valence electrons. The van der Waals surface area contributed by atoms with Gasteiger partial charge < -0.3 is 20.3 Å². The van der Waals surface area contributed by atoms with E-state index in [9.17, 15) is 10.2 Å². The first-order chi connectivity index (χ1) is 10.2. The number of phenols is 2. The fourth-order valence-electron chi connectivity index (χ4n) is 2.92. The predicted octanol–water partition coefficient (Wildman–Crippen LogP) is 3.60. The second-order valence-corrected chi connectivity index (χ2v) is 5.36. The molecule has 21 heavy (non-hydrogen) atoms. The zero-order chi connectivity index (χ0) is 14.8. The lowest BCUT2D eigenvalue weighted by molar-refractivity contribution is 0.373. The molecule has 0 bridgehead atoms. The van der Waals surface area contributed by atoms with Crippen LogP contribution in [0, 0.1) is 0 Å². The maximum absolute atomic E-state index is 9.86. The van der Waals surface area contributed by atoms with Crippen molar-refractivity contribution in [1.82, 2.24) is 0 Å². The number of benzene rings is 2. The molecule has 0 heterocycles. The molecule has 0 spiro atoms. The largest absolute Gasteiger partial charge is 0.508 e. The first-order valence-electron chi connectivity index (χ1n) is 7.12. The van der Waals surface area contributed by atoms with Gasteiger partial charge in [0, 0.05) is 11.8 Å². The molecule has 2 aromatic rings. The van der Waals surface area contributed by atoms with Crippen molar-refractivity contribution in [3.8, 4) is 17.2 Å². The van der Waals surface area contributed by atoms with Gasteiger partial charge in [0.2, 0.25) is 0 Å². The van der Waals surface area contributed by atoms with E-state index in [1.54, 1.807) is 18.2 Å². The van der Waals surface area contributed by atoms with Crippen molar-refractivity contribution in [3.05, 3.63) is 47.5 Å². The summed E-state index contributed by atoms with van der Waals surface area (Å²) >= 11 is 0. The van der Waals surface area contributed by atoms with E-state index in [0.717, 1.165) is 30.5 Å². The Morgan fingerprint density at radius 2 is 2.00 bits per heavy atom. The summed E-state index contributed by atoms with van der Waals surface area (Å²) in [6.45, 7) is 0. The van der Waals surface area contributed by atoms with Gasteiger partial charge in [-0.3, -0.25) is 0 Å². The van der Waals surface area contributed by atoms with Crippen LogP contribution < -0.4 is 10.1 Å². The van der Waals surface area contributed by atoms with Crippen LogP contribution in [-0.2, 0) is 6.42 Å². The maximum Gasteiger partial charge on any atom is 0.160 e. The Kier molecular flexibility index (Phi) is 3.60. The number of fused-ring (bicyclic) bond motifs is 1. The number of aromatic hydroxyl groups is 2. The van der Waals surface area contributed by atoms with E-state index in [0.29, 0.717) is 11.5 Å². The van der Waals surface area contributed by atoms with Crippen molar-refractivity contribution in [2.75, 3.05) is 12.4 Å². The molecule has 0 aliphatic heterocycles. The quantitative estimate of drug-likeness (QED) is 0.806. The summed E-state index contributed by atoms with van der Waals surface area (Å²) in [5.41, 5.74) is 3.25. The summed E-state index contributed by atoms with van der Waals surface area (Å²) in [6, 6.07) is 11.0.